The average Bonchev–Trinajstić information content (AvgIpc) is 2.18. The molecule has 3 aliphatic heterocycles. The molecule has 3 heterocycles. The zero-order valence-electron chi connectivity index (χ0n) is 11.1. The Labute approximate surface area is 122 Å². The van der Waals surface area contributed by atoms with Crippen LogP contribution in [0.4, 0.5) is 0 Å². The number of carboxylic acid groups (broad SMARTS) is 2. The topological polar surface area (TPSA) is 172 Å². The average molecular weight is 319 g/mol. The number of carbonyl (C=O) groups is 2. The summed E-state index contributed by atoms with van der Waals surface area (Å²) < 4.78 is 1.21. The summed E-state index contributed by atoms with van der Waals surface area (Å²) >= 11 is 0. The molecule has 3 fully saturated rings. The van der Waals surface area contributed by atoms with Gasteiger partial charge in [0.1, 0.15) is 45.8 Å². The first-order chi connectivity index (χ1) is 7.45. The van der Waals surface area contributed by atoms with Crippen LogP contribution in [0.25, 0.3) is 0 Å². The van der Waals surface area contributed by atoms with Crippen LogP contribution in [0.5, 0.6) is 0 Å². The van der Waals surface area contributed by atoms with E-state index >= 15 is 0 Å². The molecule has 0 aromatic carbocycles. The van der Waals surface area contributed by atoms with Crippen LogP contribution in [-0.2, 0) is 9.59 Å². The van der Waals surface area contributed by atoms with Crippen LogP contribution in [0.1, 0.15) is 0 Å². The van der Waals surface area contributed by atoms with Crippen molar-refractivity contribution in [3.63, 3.8) is 0 Å². The maximum absolute atomic E-state index is 10.8. The fourth-order valence-electron chi connectivity index (χ4n) is 2.98. The van der Waals surface area contributed by atoms with Crippen molar-refractivity contribution in [2.24, 2.45) is 0 Å². The van der Waals surface area contributed by atoms with Gasteiger partial charge in [0.25, 0.3) is 0 Å². The molecule has 0 aliphatic carbocycles. The normalized spacial score (nSPS) is 29.8. The third-order valence-electron chi connectivity index (χ3n) is 4.08. The van der Waals surface area contributed by atoms with Crippen LogP contribution < -0.4 is 17.5 Å². The number of carboxylic acids is 2. The molecule has 0 spiro atoms. The lowest BCUT2D eigenvalue weighted by Gasteiger charge is -2.55. The highest BCUT2D eigenvalue weighted by atomic mass is 35.5. The van der Waals surface area contributed by atoms with Crippen molar-refractivity contribution in [2.75, 3.05) is 52.4 Å². The third kappa shape index (κ3) is 4.85. The van der Waals surface area contributed by atoms with Crippen molar-refractivity contribution in [1.82, 2.24) is 0 Å². The fourth-order valence-corrected chi connectivity index (χ4v) is 2.98. The molecule has 0 saturated carbocycles. The van der Waals surface area contributed by atoms with Gasteiger partial charge in [-0.1, -0.05) is 0 Å². The van der Waals surface area contributed by atoms with Crippen LogP contribution in [0, 0.1) is 0 Å². The van der Waals surface area contributed by atoms with Gasteiger partial charge in [-0.2, -0.15) is 0 Å². The van der Waals surface area contributed by atoms with Crippen LogP contribution in [0.15, 0.2) is 0 Å². The summed E-state index contributed by atoms with van der Waals surface area (Å²) in [5, 5.41) is 19.5. The quantitative estimate of drug-likeness (QED) is 0.507. The Balaban J connectivity index is -0.000000722. The second-order valence-corrected chi connectivity index (χ2v) is 5.11. The van der Waals surface area contributed by atoms with E-state index < -0.39 is 11.9 Å². The zero-order chi connectivity index (χ0) is 11.8. The first-order valence-corrected chi connectivity index (χ1v) is 5.57. The van der Waals surface area contributed by atoms with Crippen molar-refractivity contribution in [3.05, 3.63) is 0 Å². The number of aliphatic carboxylic acids is 2. The van der Waals surface area contributed by atoms with Crippen LogP contribution >= 0.6 is 0 Å². The van der Waals surface area contributed by atoms with Gasteiger partial charge in [-0.05, 0) is 0 Å². The monoisotopic (exact) mass is 318 g/mol. The number of hydrogen-bond acceptors (Lipinski definition) is 3. The minimum absolute atomic E-state index is 0. The SMILES string of the molecule is O.O.O.O=C([O-])C[N+]12CC[N+](CC(=O)O)(CC1)CC2.[Cl-]. The highest BCUT2D eigenvalue weighted by Gasteiger charge is 2.49. The number of piperazine rings is 3. The van der Waals surface area contributed by atoms with Gasteiger partial charge in [-0.25, -0.2) is 4.79 Å². The standard InChI is InChI=1S/C10H16N2O4.ClH.3H2O/c13-9(14)7-11-1-2-12(5-3-11,6-4-11)8-10(15)16;;;;/h1-8H2;1H;3*1H2. The predicted octanol–water partition coefficient (Wildman–Crippen LogP) is -7.99. The molecule has 10 heteroatoms. The number of quaternary nitrogens is 2. The predicted molar refractivity (Wildman–Crippen MR) is 62.9 cm³/mol. The van der Waals surface area contributed by atoms with Crippen LogP contribution in [0.2, 0.25) is 0 Å². The second kappa shape index (κ2) is 8.35. The van der Waals surface area contributed by atoms with E-state index in [9.17, 15) is 14.7 Å². The summed E-state index contributed by atoms with van der Waals surface area (Å²) in [6.45, 7) is 4.88. The van der Waals surface area contributed by atoms with Crippen molar-refractivity contribution < 1.29 is 57.6 Å². The Morgan fingerprint density at radius 3 is 1.40 bits per heavy atom. The number of carbonyl (C=O) groups excluding carboxylic acids is 1. The molecule has 0 radical (unpaired) electrons. The largest absolute Gasteiger partial charge is 1.00 e. The lowest BCUT2D eigenvalue weighted by Crippen LogP contribution is -3.00. The van der Waals surface area contributed by atoms with E-state index in [1.54, 1.807) is 0 Å². The molecule has 2 bridgehead atoms. The highest BCUT2D eigenvalue weighted by molar-refractivity contribution is 5.68. The Morgan fingerprint density at radius 2 is 1.15 bits per heavy atom. The van der Waals surface area contributed by atoms with E-state index in [0.717, 1.165) is 39.3 Å². The maximum Gasteiger partial charge on any atom is 0.359 e. The van der Waals surface area contributed by atoms with E-state index in [1.165, 1.54) is 0 Å². The second-order valence-electron chi connectivity index (χ2n) is 5.11. The summed E-state index contributed by atoms with van der Waals surface area (Å²) in [6, 6.07) is 0. The lowest BCUT2D eigenvalue weighted by atomic mass is 10.1. The molecule has 9 nitrogen and oxygen atoms in total. The van der Waals surface area contributed by atoms with Crippen molar-refractivity contribution in [2.45, 2.75) is 0 Å². The summed E-state index contributed by atoms with van der Waals surface area (Å²) in [5.74, 6) is -1.76. The molecule has 122 valence electrons. The Kier molecular flexibility index (Phi) is 10.0. The molecular formula is C10H23ClN2O7. The number of rotatable bonds is 4. The molecule has 7 N–H and O–H groups in total. The first kappa shape index (κ1) is 24.1. The molecule has 0 unspecified atom stereocenters. The third-order valence-corrected chi connectivity index (χ3v) is 4.08. The van der Waals surface area contributed by atoms with Gasteiger partial charge in [-0.3, -0.25) is 0 Å². The number of halogens is 1. The van der Waals surface area contributed by atoms with E-state index in [4.69, 9.17) is 5.11 Å². The fraction of sp³-hybridized carbons (Fsp3) is 0.800. The van der Waals surface area contributed by atoms with Crippen molar-refractivity contribution in [1.29, 1.82) is 0 Å². The van der Waals surface area contributed by atoms with E-state index in [1.807, 2.05) is 0 Å². The molecule has 0 aromatic heterocycles. The van der Waals surface area contributed by atoms with Gasteiger partial charge in [0.15, 0.2) is 6.54 Å². The van der Waals surface area contributed by atoms with Gasteiger partial charge in [-0.15, -0.1) is 0 Å². The molecule has 0 atom stereocenters. The summed E-state index contributed by atoms with van der Waals surface area (Å²) in [7, 11) is 0. The smallest absolute Gasteiger partial charge is 0.359 e. The molecule has 3 aliphatic rings. The Bertz CT molecular complexity index is 283. The summed E-state index contributed by atoms with van der Waals surface area (Å²) in [4.78, 5) is 21.5. The molecule has 0 aromatic rings. The van der Waals surface area contributed by atoms with E-state index in [-0.39, 0.29) is 41.9 Å². The number of hydrogen-bond donors (Lipinski definition) is 1. The van der Waals surface area contributed by atoms with Crippen molar-refractivity contribution in [3.8, 4) is 0 Å². The molecule has 3 rings (SSSR count). The highest BCUT2D eigenvalue weighted by Crippen LogP contribution is 2.25. The minimum Gasteiger partial charge on any atom is -1.00 e. The summed E-state index contributed by atoms with van der Waals surface area (Å²) in [6.07, 6.45) is 0. The van der Waals surface area contributed by atoms with E-state index in [2.05, 4.69) is 0 Å². The van der Waals surface area contributed by atoms with Gasteiger partial charge in [0.2, 0.25) is 0 Å². The lowest BCUT2D eigenvalue weighted by molar-refractivity contribution is -1.07. The Morgan fingerprint density at radius 1 is 0.850 bits per heavy atom. The molecule has 0 amide bonds. The maximum atomic E-state index is 10.8. The van der Waals surface area contributed by atoms with Crippen molar-refractivity contribution >= 4 is 11.9 Å². The minimum atomic E-state index is -1.000. The van der Waals surface area contributed by atoms with Gasteiger partial charge >= 0.3 is 5.97 Å². The number of nitrogens with zero attached hydrogens (tertiary/aromatic N) is 2. The van der Waals surface area contributed by atoms with Crippen LogP contribution in [0.3, 0.4) is 0 Å². The number of fused-ring (bicyclic) bond motifs is 3. The van der Waals surface area contributed by atoms with Gasteiger partial charge < -0.3 is 52.8 Å². The molecular weight excluding hydrogens is 296 g/mol. The Hall–Kier alpha value is -0.970. The van der Waals surface area contributed by atoms with Gasteiger partial charge in [0.05, 0.1) is 5.97 Å². The first-order valence-electron chi connectivity index (χ1n) is 5.57. The molecule has 20 heavy (non-hydrogen) atoms. The molecule has 3 saturated heterocycles. The van der Waals surface area contributed by atoms with E-state index in [0.29, 0.717) is 8.97 Å². The van der Waals surface area contributed by atoms with Crippen LogP contribution in [-0.4, -0.2) is 94.8 Å². The summed E-state index contributed by atoms with van der Waals surface area (Å²) in [5.41, 5.74) is 0. The van der Waals surface area contributed by atoms with Gasteiger partial charge in [0, 0.05) is 0 Å². The zero-order valence-corrected chi connectivity index (χ0v) is 11.9.